The molecule has 0 bridgehead atoms. The van der Waals surface area contributed by atoms with Gasteiger partial charge in [-0.1, -0.05) is 57.0 Å². The number of hydrogen-bond acceptors (Lipinski definition) is 7. The standard InChI is InChI=1S/C32H52N4O4S/c1-6-33-27-20-26(21-28(22-27)36-17-10-11-18-41(36,39)40)31(38)35-29(19-25-14-8-7-9-15-25)30(37)23-34-32(4,5)16-12-13-24(2)3/h7-9,14-15,20-22,24,29-30,33-34,37,39-40H,6,10-13,16-19,23H2,1-5H3,(H,35,38)/t29-,30+/m0/s1. The summed E-state index contributed by atoms with van der Waals surface area (Å²) in [7, 11) is -2.94. The second kappa shape index (κ2) is 15.3. The molecule has 0 spiro atoms. The van der Waals surface area contributed by atoms with Crippen molar-refractivity contribution in [1.82, 2.24) is 10.6 Å². The molecular weight excluding hydrogens is 536 g/mol. The van der Waals surface area contributed by atoms with Gasteiger partial charge in [-0.15, -0.1) is 10.8 Å². The maximum Gasteiger partial charge on any atom is 0.251 e. The molecular formula is C32H52N4O4S. The molecule has 1 aliphatic heterocycles. The van der Waals surface area contributed by atoms with Crippen LogP contribution in [-0.4, -0.2) is 63.2 Å². The predicted molar refractivity (Wildman–Crippen MR) is 173 cm³/mol. The Balaban J connectivity index is 1.80. The molecule has 3 rings (SSSR count). The third-order valence-electron chi connectivity index (χ3n) is 7.68. The fourth-order valence-electron chi connectivity index (χ4n) is 5.26. The summed E-state index contributed by atoms with van der Waals surface area (Å²) in [5, 5.41) is 21.2. The molecule has 0 radical (unpaired) electrons. The molecule has 2 aromatic carbocycles. The largest absolute Gasteiger partial charge is 0.390 e. The van der Waals surface area contributed by atoms with Crippen LogP contribution in [0.2, 0.25) is 0 Å². The lowest BCUT2D eigenvalue weighted by Crippen LogP contribution is -2.52. The molecule has 230 valence electrons. The summed E-state index contributed by atoms with van der Waals surface area (Å²) < 4.78 is 23.1. The molecule has 2 aromatic rings. The number of β-amino-alcohol motifs (C(OH)–C–C–N with tert-alkyl or cyclic N) is 1. The zero-order valence-electron chi connectivity index (χ0n) is 25.5. The molecule has 1 fully saturated rings. The average molecular weight is 589 g/mol. The Morgan fingerprint density at radius 3 is 2.49 bits per heavy atom. The Hall–Kier alpha value is -2.30. The van der Waals surface area contributed by atoms with E-state index in [0.717, 1.165) is 36.9 Å². The number of nitrogens with one attached hydrogen (secondary N) is 3. The minimum absolute atomic E-state index is 0.135. The topological polar surface area (TPSA) is 117 Å². The summed E-state index contributed by atoms with van der Waals surface area (Å²) >= 11 is 0. The van der Waals surface area contributed by atoms with Crippen molar-refractivity contribution in [2.75, 3.05) is 35.0 Å². The SMILES string of the molecule is CCNc1cc(C(=O)N[C@@H](Cc2ccccc2)[C@H](O)CNC(C)(C)CCCC(C)C)cc(N2CCCCS2(O)O)c1. The Bertz CT molecular complexity index is 1100. The van der Waals surface area contributed by atoms with Crippen LogP contribution in [0.4, 0.5) is 11.4 Å². The maximum absolute atomic E-state index is 13.7. The fraction of sp³-hybridized carbons (Fsp3) is 0.594. The average Bonchev–Trinajstić information content (AvgIpc) is 2.91. The normalized spacial score (nSPS) is 17.6. The number of carbonyl (C=O) groups is 1. The molecule has 1 amide bonds. The van der Waals surface area contributed by atoms with Crippen molar-refractivity contribution in [1.29, 1.82) is 0 Å². The van der Waals surface area contributed by atoms with E-state index in [1.807, 2.05) is 43.3 Å². The number of nitrogens with zero attached hydrogens (tertiary/aromatic N) is 1. The van der Waals surface area contributed by atoms with Crippen molar-refractivity contribution in [3.05, 3.63) is 59.7 Å². The van der Waals surface area contributed by atoms with Crippen molar-refractivity contribution >= 4 is 28.1 Å². The molecule has 41 heavy (non-hydrogen) atoms. The van der Waals surface area contributed by atoms with Crippen molar-refractivity contribution < 1.29 is 19.0 Å². The number of amides is 1. The van der Waals surface area contributed by atoms with Crippen LogP contribution in [0.3, 0.4) is 0 Å². The van der Waals surface area contributed by atoms with Gasteiger partial charge in [0.15, 0.2) is 0 Å². The number of benzene rings is 2. The summed E-state index contributed by atoms with van der Waals surface area (Å²) in [5.74, 6) is 0.679. The molecule has 0 aliphatic carbocycles. The van der Waals surface area contributed by atoms with Gasteiger partial charge < -0.3 is 21.1 Å². The molecule has 9 heteroatoms. The van der Waals surface area contributed by atoms with E-state index in [0.29, 0.717) is 49.0 Å². The van der Waals surface area contributed by atoms with E-state index in [4.69, 9.17) is 0 Å². The van der Waals surface area contributed by atoms with E-state index in [-0.39, 0.29) is 11.4 Å². The summed E-state index contributed by atoms with van der Waals surface area (Å²) in [5.41, 5.74) is 2.65. The van der Waals surface area contributed by atoms with Crippen LogP contribution >= 0.6 is 10.8 Å². The van der Waals surface area contributed by atoms with Crippen LogP contribution in [-0.2, 0) is 6.42 Å². The highest BCUT2D eigenvalue weighted by atomic mass is 32.3. The van der Waals surface area contributed by atoms with Gasteiger partial charge in [0, 0.05) is 36.4 Å². The van der Waals surface area contributed by atoms with Gasteiger partial charge in [-0.2, -0.15) is 0 Å². The van der Waals surface area contributed by atoms with E-state index in [1.165, 1.54) is 6.42 Å². The van der Waals surface area contributed by atoms with Crippen LogP contribution in [0, 0.1) is 5.92 Å². The molecule has 6 N–H and O–H groups in total. The van der Waals surface area contributed by atoms with Gasteiger partial charge in [-0.05, 0) is 76.1 Å². The van der Waals surface area contributed by atoms with Gasteiger partial charge in [0.2, 0.25) is 0 Å². The van der Waals surface area contributed by atoms with Crippen LogP contribution in [0.5, 0.6) is 0 Å². The van der Waals surface area contributed by atoms with Gasteiger partial charge in [-0.25, -0.2) is 0 Å². The van der Waals surface area contributed by atoms with Crippen molar-refractivity contribution in [2.45, 2.75) is 90.8 Å². The molecule has 1 heterocycles. The van der Waals surface area contributed by atoms with Crippen LogP contribution in [0.15, 0.2) is 48.5 Å². The quantitative estimate of drug-likeness (QED) is 0.145. The second-order valence-electron chi connectivity index (χ2n) is 12.3. The predicted octanol–water partition coefficient (Wildman–Crippen LogP) is 6.28. The third-order valence-corrected chi connectivity index (χ3v) is 9.62. The molecule has 2 atom stereocenters. The summed E-state index contributed by atoms with van der Waals surface area (Å²) in [6.07, 6.45) is 4.58. The van der Waals surface area contributed by atoms with Gasteiger partial charge in [0.05, 0.1) is 23.6 Å². The number of rotatable bonds is 15. The first kappa shape index (κ1) is 33.2. The lowest BCUT2D eigenvalue weighted by atomic mass is 9.93. The van der Waals surface area contributed by atoms with Crippen LogP contribution < -0.4 is 20.3 Å². The number of hydrogen-bond donors (Lipinski definition) is 6. The van der Waals surface area contributed by atoms with Gasteiger partial charge in [-0.3, -0.25) is 18.2 Å². The Morgan fingerprint density at radius 1 is 1.10 bits per heavy atom. The first-order valence-corrected chi connectivity index (χ1v) is 16.8. The van der Waals surface area contributed by atoms with Crippen LogP contribution in [0.1, 0.15) is 82.6 Å². The Labute approximate surface area is 248 Å². The lowest BCUT2D eigenvalue weighted by molar-refractivity contribution is 0.0812. The monoisotopic (exact) mass is 588 g/mol. The summed E-state index contributed by atoms with van der Waals surface area (Å²) in [6, 6.07) is 14.7. The lowest BCUT2D eigenvalue weighted by Gasteiger charge is -2.47. The first-order chi connectivity index (χ1) is 19.4. The molecule has 0 aromatic heterocycles. The molecule has 8 nitrogen and oxygen atoms in total. The van der Waals surface area contributed by atoms with Crippen molar-refractivity contribution in [3.8, 4) is 0 Å². The Kier molecular flexibility index (Phi) is 12.4. The highest BCUT2D eigenvalue weighted by molar-refractivity contribution is 8.25. The van der Waals surface area contributed by atoms with Gasteiger partial charge >= 0.3 is 0 Å². The second-order valence-corrected chi connectivity index (χ2v) is 14.4. The van der Waals surface area contributed by atoms with E-state index < -0.39 is 22.9 Å². The van der Waals surface area contributed by atoms with E-state index >= 15 is 0 Å². The van der Waals surface area contributed by atoms with Crippen molar-refractivity contribution in [2.24, 2.45) is 5.92 Å². The van der Waals surface area contributed by atoms with Crippen LogP contribution in [0.25, 0.3) is 0 Å². The smallest absolute Gasteiger partial charge is 0.251 e. The first-order valence-electron chi connectivity index (χ1n) is 15.1. The minimum atomic E-state index is -2.94. The maximum atomic E-state index is 13.7. The van der Waals surface area contributed by atoms with Crippen molar-refractivity contribution in [3.63, 3.8) is 0 Å². The zero-order chi connectivity index (χ0) is 30.0. The summed E-state index contributed by atoms with van der Waals surface area (Å²) in [4.78, 5) is 13.7. The highest BCUT2D eigenvalue weighted by Gasteiger charge is 2.29. The number of carbonyl (C=O) groups excluding carboxylic acids is 1. The van der Waals surface area contributed by atoms with E-state index in [2.05, 4.69) is 43.6 Å². The minimum Gasteiger partial charge on any atom is -0.390 e. The summed E-state index contributed by atoms with van der Waals surface area (Å²) in [6.45, 7) is 12.3. The highest BCUT2D eigenvalue weighted by Crippen LogP contribution is 2.50. The number of aliphatic hydroxyl groups excluding tert-OH is 1. The fourth-order valence-corrected chi connectivity index (χ4v) is 6.94. The third kappa shape index (κ3) is 10.5. The molecule has 0 saturated carbocycles. The number of aliphatic hydroxyl groups is 1. The molecule has 1 aliphatic rings. The Morgan fingerprint density at radius 2 is 1.83 bits per heavy atom. The van der Waals surface area contributed by atoms with E-state index in [9.17, 15) is 19.0 Å². The molecule has 1 saturated heterocycles. The number of anilines is 2. The van der Waals surface area contributed by atoms with Gasteiger partial charge in [0.1, 0.15) is 0 Å². The zero-order valence-corrected chi connectivity index (χ0v) is 26.3. The molecule has 0 unspecified atom stereocenters. The van der Waals surface area contributed by atoms with Gasteiger partial charge in [0.25, 0.3) is 5.91 Å². The van der Waals surface area contributed by atoms with E-state index in [1.54, 1.807) is 16.4 Å².